The van der Waals surface area contributed by atoms with Crippen LogP contribution >= 0.6 is 11.3 Å². The maximum atomic E-state index is 5.47. The summed E-state index contributed by atoms with van der Waals surface area (Å²) in [6.45, 7) is 0.881. The Hall–Kier alpha value is -0.610. The molecule has 0 aromatic carbocycles. The van der Waals surface area contributed by atoms with E-state index >= 15 is 0 Å². The van der Waals surface area contributed by atoms with Gasteiger partial charge in [0.05, 0.1) is 0 Å². The zero-order valence-electron chi connectivity index (χ0n) is 6.21. The first-order valence-corrected chi connectivity index (χ1v) is 4.66. The van der Waals surface area contributed by atoms with E-state index in [1.54, 1.807) is 11.3 Å². The van der Waals surface area contributed by atoms with Crippen molar-refractivity contribution in [2.24, 2.45) is 0 Å². The van der Waals surface area contributed by atoms with Crippen LogP contribution in [-0.2, 0) is 6.54 Å². The number of anilines is 1. The first-order chi connectivity index (χ1) is 5.34. The lowest BCUT2D eigenvalue weighted by Gasteiger charge is -1.96. The molecule has 3 nitrogen and oxygen atoms in total. The van der Waals surface area contributed by atoms with Crippen LogP contribution in [0.25, 0.3) is 0 Å². The van der Waals surface area contributed by atoms with Crippen molar-refractivity contribution in [2.45, 2.75) is 25.4 Å². The molecular weight excluding hydrogens is 158 g/mol. The van der Waals surface area contributed by atoms with Crippen LogP contribution in [0.1, 0.15) is 17.8 Å². The van der Waals surface area contributed by atoms with E-state index in [4.69, 9.17) is 5.73 Å². The molecule has 11 heavy (non-hydrogen) atoms. The van der Waals surface area contributed by atoms with Crippen LogP contribution < -0.4 is 11.1 Å². The average Bonchev–Trinajstić information content (AvgIpc) is 2.72. The van der Waals surface area contributed by atoms with Crippen molar-refractivity contribution in [1.29, 1.82) is 0 Å². The average molecular weight is 169 g/mol. The highest BCUT2D eigenvalue weighted by Crippen LogP contribution is 2.20. The van der Waals surface area contributed by atoms with E-state index < -0.39 is 0 Å². The molecule has 1 saturated carbocycles. The first kappa shape index (κ1) is 7.06. The van der Waals surface area contributed by atoms with Crippen LogP contribution in [0, 0.1) is 0 Å². The van der Waals surface area contributed by atoms with Crippen molar-refractivity contribution in [1.82, 2.24) is 10.3 Å². The molecule has 0 unspecified atom stereocenters. The van der Waals surface area contributed by atoms with Crippen LogP contribution in [0.4, 0.5) is 5.82 Å². The van der Waals surface area contributed by atoms with Crippen molar-refractivity contribution in [2.75, 3.05) is 5.73 Å². The normalized spacial score (nSPS) is 17.1. The minimum atomic E-state index is 0.641. The SMILES string of the molecule is Nc1csc(CNC2CC2)n1. The number of nitrogens with one attached hydrogen (secondary N) is 1. The number of nitrogen functional groups attached to an aromatic ring is 1. The maximum absolute atomic E-state index is 5.47. The smallest absolute Gasteiger partial charge is 0.134 e. The van der Waals surface area contributed by atoms with Crippen molar-refractivity contribution in [3.05, 3.63) is 10.4 Å². The number of nitrogens with two attached hydrogens (primary N) is 1. The summed E-state index contributed by atoms with van der Waals surface area (Å²) in [6.07, 6.45) is 2.64. The third kappa shape index (κ3) is 1.91. The van der Waals surface area contributed by atoms with Gasteiger partial charge in [0.1, 0.15) is 10.8 Å². The second kappa shape index (κ2) is 2.79. The van der Waals surface area contributed by atoms with Crippen LogP contribution in [-0.4, -0.2) is 11.0 Å². The second-order valence-corrected chi connectivity index (χ2v) is 3.76. The zero-order chi connectivity index (χ0) is 7.68. The molecule has 1 aliphatic rings. The summed E-state index contributed by atoms with van der Waals surface area (Å²) in [4.78, 5) is 4.14. The summed E-state index contributed by atoms with van der Waals surface area (Å²) < 4.78 is 0. The van der Waals surface area contributed by atoms with Gasteiger partial charge in [0, 0.05) is 18.0 Å². The molecule has 0 atom stereocenters. The number of aromatic nitrogens is 1. The molecule has 0 amide bonds. The quantitative estimate of drug-likeness (QED) is 0.709. The number of rotatable bonds is 3. The van der Waals surface area contributed by atoms with Gasteiger partial charge in [0.15, 0.2) is 0 Å². The summed E-state index contributed by atoms with van der Waals surface area (Å²) in [5.74, 6) is 0.641. The Labute approximate surface area is 69.6 Å². The maximum Gasteiger partial charge on any atom is 0.134 e. The standard InChI is InChI=1S/C7H11N3S/c8-6-4-11-7(10-6)3-9-5-1-2-5/h4-5,9H,1-3,8H2. The third-order valence-corrected chi connectivity index (χ3v) is 2.56. The Kier molecular flexibility index (Phi) is 1.79. The third-order valence-electron chi connectivity index (χ3n) is 1.69. The van der Waals surface area contributed by atoms with Gasteiger partial charge in [-0.2, -0.15) is 0 Å². The van der Waals surface area contributed by atoms with Gasteiger partial charge in [-0.25, -0.2) is 4.98 Å². The minimum Gasteiger partial charge on any atom is -0.383 e. The van der Waals surface area contributed by atoms with E-state index in [0.29, 0.717) is 5.82 Å². The van der Waals surface area contributed by atoms with Gasteiger partial charge in [-0.05, 0) is 12.8 Å². The second-order valence-electron chi connectivity index (χ2n) is 2.82. The molecule has 1 aromatic rings. The van der Waals surface area contributed by atoms with Gasteiger partial charge in [0.25, 0.3) is 0 Å². The predicted octanol–water partition coefficient (Wildman–Crippen LogP) is 0.977. The van der Waals surface area contributed by atoms with Crippen molar-refractivity contribution in [3.63, 3.8) is 0 Å². The molecule has 3 N–H and O–H groups in total. The molecule has 1 fully saturated rings. The molecule has 0 spiro atoms. The van der Waals surface area contributed by atoms with Gasteiger partial charge in [0.2, 0.25) is 0 Å². The minimum absolute atomic E-state index is 0.641. The number of hydrogen-bond acceptors (Lipinski definition) is 4. The van der Waals surface area contributed by atoms with Gasteiger partial charge >= 0.3 is 0 Å². The monoisotopic (exact) mass is 169 g/mol. The molecule has 0 aliphatic heterocycles. The van der Waals surface area contributed by atoms with Crippen molar-refractivity contribution < 1.29 is 0 Å². The van der Waals surface area contributed by atoms with Gasteiger partial charge < -0.3 is 11.1 Å². The van der Waals surface area contributed by atoms with Gasteiger partial charge in [-0.15, -0.1) is 11.3 Å². The lowest BCUT2D eigenvalue weighted by atomic mass is 10.6. The van der Waals surface area contributed by atoms with Crippen LogP contribution in [0.2, 0.25) is 0 Å². The van der Waals surface area contributed by atoms with Crippen molar-refractivity contribution in [3.8, 4) is 0 Å². The predicted molar refractivity (Wildman–Crippen MR) is 46.4 cm³/mol. The Morgan fingerprint density at radius 2 is 2.55 bits per heavy atom. The summed E-state index contributed by atoms with van der Waals surface area (Å²) in [5.41, 5.74) is 5.47. The number of nitrogens with zero attached hydrogens (tertiary/aromatic N) is 1. The Morgan fingerprint density at radius 1 is 1.73 bits per heavy atom. The summed E-state index contributed by atoms with van der Waals surface area (Å²) in [7, 11) is 0. The first-order valence-electron chi connectivity index (χ1n) is 3.78. The van der Waals surface area contributed by atoms with Crippen LogP contribution in [0.5, 0.6) is 0 Å². The molecule has 0 bridgehead atoms. The molecule has 60 valence electrons. The number of hydrogen-bond donors (Lipinski definition) is 2. The highest BCUT2D eigenvalue weighted by atomic mass is 32.1. The summed E-state index contributed by atoms with van der Waals surface area (Å²) >= 11 is 1.62. The van der Waals surface area contributed by atoms with E-state index in [1.165, 1.54) is 12.8 Å². The Balaban J connectivity index is 1.85. The lowest BCUT2D eigenvalue weighted by molar-refractivity contribution is 0.685. The van der Waals surface area contributed by atoms with Gasteiger partial charge in [-0.1, -0.05) is 0 Å². The van der Waals surface area contributed by atoms with E-state index in [2.05, 4.69) is 10.3 Å². The van der Waals surface area contributed by atoms with Crippen molar-refractivity contribution >= 4 is 17.2 Å². The fraction of sp³-hybridized carbons (Fsp3) is 0.571. The van der Waals surface area contributed by atoms with Crippen LogP contribution in [0.3, 0.4) is 0 Å². The zero-order valence-corrected chi connectivity index (χ0v) is 7.03. The van der Waals surface area contributed by atoms with E-state index in [1.807, 2.05) is 5.38 Å². The largest absolute Gasteiger partial charge is 0.383 e. The molecule has 2 rings (SSSR count). The van der Waals surface area contributed by atoms with E-state index in [0.717, 1.165) is 17.6 Å². The summed E-state index contributed by atoms with van der Waals surface area (Å²) in [5, 5.41) is 6.35. The topological polar surface area (TPSA) is 50.9 Å². The molecule has 1 aromatic heterocycles. The molecule has 0 radical (unpaired) electrons. The molecular formula is C7H11N3S. The Morgan fingerprint density at radius 3 is 3.09 bits per heavy atom. The molecule has 1 aliphatic carbocycles. The Bertz CT molecular complexity index is 242. The van der Waals surface area contributed by atoms with Crippen LogP contribution in [0.15, 0.2) is 5.38 Å². The van der Waals surface area contributed by atoms with Gasteiger partial charge in [-0.3, -0.25) is 0 Å². The lowest BCUT2D eigenvalue weighted by Crippen LogP contribution is -2.14. The summed E-state index contributed by atoms with van der Waals surface area (Å²) in [6, 6.07) is 0.750. The number of thiazole rings is 1. The highest BCUT2D eigenvalue weighted by Gasteiger charge is 2.20. The molecule has 1 heterocycles. The molecule has 0 saturated heterocycles. The molecule has 4 heteroatoms. The van der Waals surface area contributed by atoms with E-state index in [-0.39, 0.29) is 0 Å². The fourth-order valence-corrected chi connectivity index (χ4v) is 1.56. The fourth-order valence-electron chi connectivity index (χ4n) is 0.925. The van der Waals surface area contributed by atoms with E-state index in [9.17, 15) is 0 Å². The highest BCUT2D eigenvalue weighted by molar-refractivity contribution is 7.09.